The maximum atomic E-state index is 9.91. The fourth-order valence-electron chi connectivity index (χ4n) is 3.56. The minimum Gasteiger partial charge on any atom is -0.504 e. The van der Waals surface area contributed by atoms with Gasteiger partial charge in [-0.3, -0.25) is 0 Å². The van der Waals surface area contributed by atoms with Crippen LogP contribution in [0.1, 0.15) is 43.2 Å². The second-order valence-electron chi connectivity index (χ2n) is 5.50. The third-order valence-corrected chi connectivity index (χ3v) is 4.49. The molecule has 1 aliphatic carbocycles. The fraction of sp³-hybridized carbons (Fsp3) is 0.600. The van der Waals surface area contributed by atoms with E-state index in [2.05, 4.69) is 5.32 Å². The van der Waals surface area contributed by atoms with Gasteiger partial charge in [-0.1, -0.05) is 19.3 Å². The minimum atomic E-state index is 0.132. The Balaban J connectivity index is 2.08. The van der Waals surface area contributed by atoms with Crippen LogP contribution < -0.4 is 10.1 Å². The molecule has 0 unspecified atom stereocenters. The number of phenols is 1. The number of nitrogens with one attached hydrogen (secondary N) is 1. The molecule has 1 saturated carbocycles. The van der Waals surface area contributed by atoms with E-state index in [4.69, 9.17) is 4.74 Å². The summed E-state index contributed by atoms with van der Waals surface area (Å²) in [5, 5.41) is 13.6. The number of rotatable bonds is 1. The zero-order valence-corrected chi connectivity index (χ0v) is 11.0. The fourth-order valence-corrected chi connectivity index (χ4v) is 3.56. The van der Waals surface area contributed by atoms with Gasteiger partial charge in [0.25, 0.3) is 0 Å². The van der Waals surface area contributed by atoms with E-state index in [0.717, 1.165) is 13.0 Å². The van der Waals surface area contributed by atoms with E-state index in [-0.39, 0.29) is 11.3 Å². The van der Waals surface area contributed by atoms with Crippen LogP contribution in [0.2, 0.25) is 0 Å². The first kappa shape index (κ1) is 11.8. The largest absolute Gasteiger partial charge is 0.504 e. The first-order valence-corrected chi connectivity index (χ1v) is 6.90. The van der Waals surface area contributed by atoms with Crippen molar-refractivity contribution in [2.75, 3.05) is 13.7 Å². The van der Waals surface area contributed by atoms with Crippen molar-refractivity contribution in [1.82, 2.24) is 5.32 Å². The van der Waals surface area contributed by atoms with Gasteiger partial charge in [0.15, 0.2) is 11.5 Å². The predicted octanol–water partition coefficient (Wildman–Crippen LogP) is 2.71. The molecular formula is C15H21NO2. The summed E-state index contributed by atoms with van der Waals surface area (Å²) in [6.45, 7) is 1.01. The lowest BCUT2D eigenvalue weighted by Gasteiger charge is -2.43. The third-order valence-electron chi connectivity index (χ3n) is 4.49. The maximum Gasteiger partial charge on any atom is 0.160 e. The molecule has 0 radical (unpaired) electrons. The average Bonchev–Trinajstić information content (AvgIpc) is 2.39. The van der Waals surface area contributed by atoms with Crippen molar-refractivity contribution in [3.05, 3.63) is 23.3 Å². The van der Waals surface area contributed by atoms with Crippen LogP contribution in [0.3, 0.4) is 0 Å². The highest BCUT2D eigenvalue weighted by molar-refractivity contribution is 5.50. The average molecular weight is 247 g/mol. The van der Waals surface area contributed by atoms with Crippen LogP contribution in [0.15, 0.2) is 12.1 Å². The Morgan fingerprint density at radius 1 is 1.22 bits per heavy atom. The lowest BCUT2D eigenvalue weighted by molar-refractivity contribution is 0.221. The lowest BCUT2D eigenvalue weighted by Crippen LogP contribution is -2.48. The van der Waals surface area contributed by atoms with E-state index in [1.165, 1.54) is 43.2 Å². The molecular weight excluding hydrogens is 226 g/mol. The molecule has 1 fully saturated rings. The number of phenolic OH excluding ortho intramolecular Hbond substituents is 1. The van der Waals surface area contributed by atoms with Crippen LogP contribution >= 0.6 is 0 Å². The third kappa shape index (κ3) is 1.77. The summed E-state index contributed by atoms with van der Waals surface area (Å²) in [6, 6.07) is 3.94. The lowest BCUT2D eigenvalue weighted by atomic mass is 9.72. The van der Waals surface area contributed by atoms with Gasteiger partial charge in [0.1, 0.15) is 0 Å². The van der Waals surface area contributed by atoms with Gasteiger partial charge in [0, 0.05) is 12.1 Å². The van der Waals surface area contributed by atoms with E-state index >= 15 is 0 Å². The summed E-state index contributed by atoms with van der Waals surface area (Å²) in [5.74, 6) is 0.867. The molecule has 0 amide bonds. The summed E-state index contributed by atoms with van der Waals surface area (Å²) in [5.41, 5.74) is 2.77. The highest BCUT2D eigenvalue weighted by atomic mass is 16.5. The number of aromatic hydroxyl groups is 1. The van der Waals surface area contributed by atoms with Crippen LogP contribution in [0.4, 0.5) is 0 Å². The Labute approximate surface area is 108 Å². The molecule has 1 aromatic carbocycles. The molecule has 98 valence electrons. The van der Waals surface area contributed by atoms with E-state index in [9.17, 15) is 5.11 Å². The number of ether oxygens (including phenoxy) is 1. The van der Waals surface area contributed by atoms with Gasteiger partial charge in [-0.25, -0.2) is 0 Å². The first-order chi connectivity index (χ1) is 8.75. The second kappa shape index (κ2) is 4.47. The number of methoxy groups -OCH3 is 1. The topological polar surface area (TPSA) is 41.5 Å². The minimum absolute atomic E-state index is 0.132. The van der Waals surface area contributed by atoms with Crippen molar-refractivity contribution in [2.45, 2.75) is 44.1 Å². The quantitative estimate of drug-likeness (QED) is 0.801. The summed E-state index contributed by atoms with van der Waals surface area (Å²) in [4.78, 5) is 0. The van der Waals surface area contributed by atoms with Gasteiger partial charge in [-0.05, 0) is 42.5 Å². The van der Waals surface area contributed by atoms with Crippen molar-refractivity contribution >= 4 is 0 Å². The summed E-state index contributed by atoms with van der Waals surface area (Å²) in [7, 11) is 1.62. The highest BCUT2D eigenvalue weighted by Gasteiger charge is 2.37. The molecule has 0 atom stereocenters. The standard InChI is InChI=1S/C15H21NO2/c1-18-14-10-12-11(9-13(14)17)5-8-16-15(12)6-3-2-4-7-15/h9-10,16-17H,2-8H2,1H3. The van der Waals surface area contributed by atoms with Crippen molar-refractivity contribution < 1.29 is 9.84 Å². The van der Waals surface area contributed by atoms with Crippen molar-refractivity contribution in [2.24, 2.45) is 0 Å². The molecule has 0 aromatic heterocycles. The van der Waals surface area contributed by atoms with Crippen LogP contribution in [0.25, 0.3) is 0 Å². The number of benzene rings is 1. The molecule has 3 heteroatoms. The Hall–Kier alpha value is -1.22. The zero-order valence-electron chi connectivity index (χ0n) is 11.0. The van der Waals surface area contributed by atoms with E-state index in [1.807, 2.05) is 12.1 Å². The Morgan fingerprint density at radius 2 is 2.00 bits per heavy atom. The van der Waals surface area contributed by atoms with E-state index in [1.54, 1.807) is 7.11 Å². The number of hydrogen-bond donors (Lipinski definition) is 2. The van der Waals surface area contributed by atoms with Crippen molar-refractivity contribution in [3.8, 4) is 11.5 Å². The zero-order chi connectivity index (χ0) is 12.6. The first-order valence-electron chi connectivity index (χ1n) is 6.90. The molecule has 1 heterocycles. The van der Waals surface area contributed by atoms with Crippen LogP contribution in [0, 0.1) is 0 Å². The van der Waals surface area contributed by atoms with Crippen molar-refractivity contribution in [1.29, 1.82) is 0 Å². The predicted molar refractivity (Wildman–Crippen MR) is 71.1 cm³/mol. The van der Waals surface area contributed by atoms with Gasteiger partial charge in [0.2, 0.25) is 0 Å². The van der Waals surface area contributed by atoms with Crippen LogP contribution in [0.5, 0.6) is 11.5 Å². The molecule has 3 nitrogen and oxygen atoms in total. The van der Waals surface area contributed by atoms with Crippen molar-refractivity contribution in [3.63, 3.8) is 0 Å². The Kier molecular flexibility index (Phi) is 2.94. The van der Waals surface area contributed by atoms with Gasteiger partial charge in [-0.15, -0.1) is 0 Å². The summed E-state index contributed by atoms with van der Waals surface area (Å²) < 4.78 is 5.27. The Morgan fingerprint density at radius 3 is 2.72 bits per heavy atom. The molecule has 0 saturated heterocycles. The molecule has 0 bridgehead atoms. The summed E-state index contributed by atoms with van der Waals surface area (Å²) in [6.07, 6.45) is 7.32. The normalized spacial score (nSPS) is 21.6. The molecule has 1 spiro atoms. The number of hydrogen-bond acceptors (Lipinski definition) is 3. The van der Waals surface area contributed by atoms with E-state index < -0.39 is 0 Å². The molecule has 2 aliphatic rings. The van der Waals surface area contributed by atoms with Gasteiger partial charge >= 0.3 is 0 Å². The summed E-state index contributed by atoms with van der Waals surface area (Å²) >= 11 is 0. The monoisotopic (exact) mass is 247 g/mol. The number of fused-ring (bicyclic) bond motifs is 2. The molecule has 1 aromatic rings. The molecule has 1 aliphatic heterocycles. The molecule has 18 heavy (non-hydrogen) atoms. The van der Waals surface area contributed by atoms with E-state index in [0.29, 0.717) is 5.75 Å². The van der Waals surface area contributed by atoms with Crippen LogP contribution in [-0.2, 0) is 12.0 Å². The van der Waals surface area contributed by atoms with Gasteiger partial charge in [0.05, 0.1) is 7.11 Å². The molecule has 2 N–H and O–H groups in total. The SMILES string of the molecule is COc1cc2c(cc1O)CCNC21CCCCC1. The van der Waals surface area contributed by atoms with Gasteiger partial charge in [-0.2, -0.15) is 0 Å². The Bertz CT molecular complexity index is 450. The van der Waals surface area contributed by atoms with Crippen LogP contribution in [-0.4, -0.2) is 18.8 Å². The van der Waals surface area contributed by atoms with Gasteiger partial charge < -0.3 is 15.2 Å². The highest BCUT2D eigenvalue weighted by Crippen LogP contribution is 2.44. The second-order valence-corrected chi connectivity index (χ2v) is 5.50. The maximum absolute atomic E-state index is 9.91. The smallest absolute Gasteiger partial charge is 0.160 e. The molecule has 3 rings (SSSR count).